The molecule has 0 saturated carbocycles. The third-order valence-electron chi connectivity index (χ3n) is 4.24. The standard InChI is InChI=1S/C18H18Cl2N4O2/c1-23-6-8-24(9-7-23)18(26)12-10-14(19)16(15(20)11-12)17(25)22-13-2-4-21-5-3-13/h2-5,10-11H,6-9H2,1H3,(H,21,22,25). The number of nitrogens with zero attached hydrogens (tertiary/aromatic N) is 3. The number of carbonyl (C=O) groups excluding carboxylic acids is 2. The van der Waals surface area contributed by atoms with E-state index in [1.165, 1.54) is 12.1 Å². The Morgan fingerprint density at radius 1 is 1.04 bits per heavy atom. The van der Waals surface area contributed by atoms with Crippen LogP contribution < -0.4 is 5.32 Å². The lowest BCUT2D eigenvalue weighted by Crippen LogP contribution is -2.47. The number of piperazine rings is 1. The molecule has 1 aromatic heterocycles. The van der Waals surface area contributed by atoms with Crippen molar-refractivity contribution in [2.24, 2.45) is 0 Å². The van der Waals surface area contributed by atoms with Crippen molar-refractivity contribution in [2.45, 2.75) is 0 Å². The van der Waals surface area contributed by atoms with Crippen LogP contribution in [0.2, 0.25) is 10.0 Å². The average Bonchev–Trinajstić information content (AvgIpc) is 2.62. The number of carbonyl (C=O) groups is 2. The second-order valence-electron chi connectivity index (χ2n) is 6.10. The van der Waals surface area contributed by atoms with E-state index in [0.29, 0.717) is 24.3 Å². The van der Waals surface area contributed by atoms with Gasteiger partial charge in [-0.1, -0.05) is 23.2 Å². The van der Waals surface area contributed by atoms with Gasteiger partial charge in [0.15, 0.2) is 0 Å². The van der Waals surface area contributed by atoms with Crippen LogP contribution in [0.5, 0.6) is 0 Å². The number of hydrogen-bond acceptors (Lipinski definition) is 4. The number of nitrogens with one attached hydrogen (secondary N) is 1. The second-order valence-corrected chi connectivity index (χ2v) is 6.91. The van der Waals surface area contributed by atoms with Crippen LogP contribution in [0.4, 0.5) is 5.69 Å². The zero-order valence-corrected chi connectivity index (χ0v) is 15.7. The van der Waals surface area contributed by atoms with Gasteiger partial charge >= 0.3 is 0 Å². The van der Waals surface area contributed by atoms with Gasteiger partial charge in [0, 0.05) is 49.8 Å². The van der Waals surface area contributed by atoms with Crippen molar-refractivity contribution in [2.75, 3.05) is 38.5 Å². The van der Waals surface area contributed by atoms with Gasteiger partial charge in [-0.2, -0.15) is 0 Å². The van der Waals surface area contributed by atoms with E-state index in [4.69, 9.17) is 23.2 Å². The minimum absolute atomic E-state index is 0.136. The van der Waals surface area contributed by atoms with Gasteiger partial charge in [0.1, 0.15) is 0 Å². The molecule has 1 aliphatic rings. The normalized spacial score (nSPS) is 15.0. The maximum Gasteiger partial charge on any atom is 0.258 e. The van der Waals surface area contributed by atoms with Crippen molar-refractivity contribution >= 4 is 40.7 Å². The van der Waals surface area contributed by atoms with Crippen LogP contribution in [0, 0.1) is 0 Å². The fraction of sp³-hybridized carbons (Fsp3) is 0.278. The van der Waals surface area contributed by atoms with Gasteiger partial charge in [-0.25, -0.2) is 0 Å². The number of rotatable bonds is 3. The van der Waals surface area contributed by atoms with E-state index in [1.807, 2.05) is 7.05 Å². The van der Waals surface area contributed by atoms with Crippen LogP contribution in [-0.2, 0) is 0 Å². The van der Waals surface area contributed by atoms with Crippen LogP contribution in [0.3, 0.4) is 0 Å². The van der Waals surface area contributed by atoms with E-state index in [0.717, 1.165) is 13.1 Å². The Bertz CT molecular complexity index is 798. The van der Waals surface area contributed by atoms with Gasteiger partial charge in [-0.05, 0) is 31.3 Å². The van der Waals surface area contributed by atoms with E-state index >= 15 is 0 Å². The lowest BCUT2D eigenvalue weighted by atomic mass is 10.1. The number of pyridine rings is 1. The lowest BCUT2D eigenvalue weighted by molar-refractivity contribution is 0.0664. The molecule has 0 unspecified atom stereocenters. The fourth-order valence-corrected chi connectivity index (χ4v) is 3.39. The van der Waals surface area contributed by atoms with E-state index in [9.17, 15) is 9.59 Å². The number of aromatic nitrogens is 1. The van der Waals surface area contributed by atoms with Crippen molar-refractivity contribution in [3.63, 3.8) is 0 Å². The molecule has 8 heteroatoms. The monoisotopic (exact) mass is 392 g/mol. The molecule has 1 fully saturated rings. The topological polar surface area (TPSA) is 65.5 Å². The summed E-state index contributed by atoms with van der Waals surface area (Å²) >= 11 is 12.5. The van der Waals surface area contributed by atoms with Crippen molar-refractivity contribution in [1.29, 1.82) is 0 Å². The second kappa shape index (κ2) is 8.03. The zero-order valence-electron chi connectivity index (χ0n) is 14.2. The molecule has 136 valence electrons. The lowest BCUT2D eigenvalue weighted by Gasteiger charge is -2.32. The summed E-state index contributed by atoms with van der Waals surface area (Å²) in [5, 5.41) is 2.99. The van der Waals surface area contributed by atoms with Crippen LogP contribution in [0.1, 0.15) is 20.7 Å². The Morgan fingerprint density at radius 2 is 1.62 bits per heavy atom. The first kappa shape index (κ1) is 18.6. The van der Waals surface area contributed by atoms with Crippen molar-refractivity contribution in [3.8, 4) is 0 Å². The predicted molar refractivity (Wildman–Crippen MR) is 102 cm³/mol. The first-order valence-corrected chi connectivity index (χ1v) is 8.89. The molecule has 0 bridgehead atoms. The molecule has 0 aliphatic carbocycles. The van der Waals surface area contributed by atoms with Gasteiger partial charge in [0.2, 0.25) is 0 Å². The first-order valence-electron chi connectivity index (χ1n) is 8.14. The Hall–Kier alpha value is -2.15. The van der Waals surface area contributed by atoms with E-state index in [2.05, 4.69) is 15.2 Å². The van der Waals surface area contributed by atoms with Crippen LogP contribution in [0.15, 0.2) is 36.7 Å². The average molecular weight is 393 g/mol. The quantitative estimate of drug-likeness (QED) is 0.871. The van der Waals surface area contributed by atoms with Crippen LogP contribution >= 0.6 is 23.2 Å². The molecule has 2 heterocycles. The first-order chi connectivity index (χ1) is 12.5. The third kappa shape index (κ3) is 4.15. The van der Waals surface area contributed by atoms with Gasteiger partial charge in [0.05, 0.1) is 15.6 Å². The smallest absolute Gasteiger partial charge is 0.258 e. The summed E-state index contributed by atoms with van der Waals surface area (Å²) < 4.78 is 0. The largest absolute Gasteiger partial charge is 0.336 e. The minimum atomic E-state index is -0.440. The highest BCUT2D eigenvalue weighted by Gasteiger charge is 2.23. The maximum absolute atomic E-state index is 12.7. The summed E-state index contributed by atoms with van der Waals surface area (Å²) in [5.74, 6) is -0.576. The van der Waals surface area contributed by atoms with E-state index in [-0.39, 0.29) is 21.5 Å². The van der Waals surface area contributed by atoms with E-state index < -0.39 is 5.91 Å². The van der Waals surface area contributed by atoms with Crippen molar-refractivity contribution in [1.82, 2.24) is 14.8 Å². The van der Waals surface area contributed by atoms with Gasteiger partial charge in [-0.15, -0.1) is 0 Å². The number of halogens is 2. The Kier molecular flexibility index (Phi) is 5.76. The van der Waals surface area contributed by atoms with Gasteiger partial charge in [0.25, 0.3) is 11.8 Å². The molecule has 2 amide bonds. The highest BCUT2D eigenvalue weighted by atomic mass is 35.5. The number of amides is 2. The van der Waals surface area contributed by atoms with Crippen LogP contribution in [0.25, 0.3) is 0 Å². The molecule has 1 aliphatic heterocycles. The maximum atomic E-state index is 12.7. The summed E-state index contributed by atoms with van der Waals surface area (Å²) in [6.45, 7) is 2.93. The molecule has 26 heavy (non-hydrogen) atoms. The Balaban J connectivity index is 1.80. The summed E-state index contributed by atoms with van der Waals surface area (Å²) in [6, 6.07) is 6.31. The Labute approximate surface area is 161 Å². The SMILES string of the molecule is CN1CCN(C(=O)c2cc(Cl)c(C(=O)Nc3ccncc3)c(Cl)c2)CC1. The molecule has 1 aromatic carbocycles. The van der Waals surface area contributed by atoms with E-state index in [1.54, 1.807) is 29.4 Å². The summed E-state index contributed by atoms with van der Waals surface area (Å²) in [7, 11) is 2.02. The molecule has 6 nitrogen and oxygen atoms in total. The van der Waals surface area contributed by atoms with Crippen LogP contribution in [-0.4, -0.2) is 59.8 Å². The predicted octanol–water partition coefficient (Wildman–Crippen LogP) is 3.03. The summed E-state index contributed by atoms with van der Waals surface area (Å²) in [4.78, 5) is 33.0. The Morgan fingerprint density at radius 3 is 2.19 bits per heavy atom. The van der Waals surface area contributed by atoms with Crippen molar-refractivity contribution < 1.29 is 9.59 Å². The molecule has 3 rings (SSSR count). The third-order valence-corrected chi connectivity index (χ3v) is 4.84. The molecule has 0 spiro atoms. The van der Waals surface area contributed by atoms with Crippen molar-refractivity contribution in [3.05, 3.63) is 57.8 Å². The molecule has 2 aromatic rings. The molecular formula is C18H18Cl2N4O2. The number of benzene rings is 1. The number of hydrogen-bond donors (Lipinski definition) is 1. The molecule has 0 radical (unpaired) electrons. The molecular weight excluding hydrogens is 375 g/mol. The number of anilines is 1. The molecule has 1 N–H and O–H groups in total. The highest BCUT2D eigenvalue weighted by molar-refractivity contribution is 6.41. The van der Waals surface area contributed by atoms with Gasteiger partial charge < -0.3 is 15.1 Å². The number of likely N-dealkylation sites (N-methyl/N-ethyl adjacent to an activating group) is 1. The minimum Gasteiger partial charge on any atom is -0.336 e. The summed E-state index contributed by atoms with van der Waals surface area (Å²) in [6.07, 6.45) is 3.13. The summed E-state index contributed by atoms with van der Waals surface area (Å²) in [5.41, 5.74) is 1.10. The molecule has 1 saturated heterocycles. The fourth-order valence-electron chi connectivity index (χ4n) is 2.73. The van der Waals surface area contributed by atoms with Gasteiger partial charge in [-0.3, -0.25) is 14.6 Å². The molecule has 0 atom stereocenters. The zero-order chi connectivity index (χ0) is 18.7. The highest BCUT2D eigenvalue weighted by Crippen LogP contribution is 2.28.